The van der Waals surface area contributed by atoms with Crippen LogP contribution in [0.5, 0.6) is 0 Å². The van der Waals surface area contributed by atoms with Gasteiger partial charge < -0.3 is 5.11 Å². The molecule has 1 unspecified atom stereocenters. The molecule has 1 atom stereocenters. The van der Waals surface area contributed by atoms with Crippen LogP contribution in [0.15, 0.2) is 28.1 Å². The molecule has 0 radical (unpaired) electrons. The molecule has 0 fully saturated rings. The van der Waals surface area contributed by atoms with E-state index in [1.165, 1.54) is 22.7 Å². The van der Waals surface area contributed by atoms with Gasteiger partial charge in [-0.15, -0.1) is 22.7 Å². The molecule has 0 saturated heterocycles. The van der Waals surface area contributed by atoms with Crippen LogP contribution in [0.25, 0.3) is 0 Å². The van der Waals surface area contributed by atoms with Crippen LogP contribution in [0.3, 0.4) is 0 Å². The third-order valence-electron chi connectivity index (χ3n) is 1.76. The lowest BCUT2D eigenvalue weighted by Gasteiger charge is -2.05. The molecule has 0 bridgehead atoms. The van der Waals surface area contributed by atoms with Gasteiger partial charge in [0.2, 0.25) is 0 Å². The van der Waals surface area contributed by atoms with Gasteiger partial charge >= 0.3 is 0 Å². The second-order valence-electron chi connectivity index (χ2n) is 2.68. The second kappa shape index (κ2) is 4.33. The van der Waals surface area contributed by atoms with Gasteiger partial charge in [-0.3, -0.25) is 0 Å². The van der Waals surface area contributed by atoms with Crippen LogP contribution >= 0.6 is 50.2 Å². The first-order valence-electron chi connectivity index (χ1n) is 3.84. The predicted molar refractivity (Wildman–Crippen MR) is 65.4 cm³/mol. The molecule has 0 saturated carbocycles. The summed E-state index contributed by atoms with van der Waals surface area (Å²) in [6.45, 7) is 0. The molecule has 2 rings (SSSR count). The molecule has 0 aliphatic rings. The Morgan fingerprint density at radius 3 is 2.64 bits per heavy atom. The van der Waals surface area contributed by atoms with Crippen molar-refractivity contribution in [1.82, 2.24) is 0 Å². The van der Waals surface area contributed by atoms with Crippen molar-refractivity contribution in [3.8, 4) is 0 Å². The Morgan fingerprint density at radius 1 is 1.36 bits per heavy atom. The van der Waals surface area contributed by atoms with E-state index in [4.69, 9.17) is 11.6 Å². The summed E-state index contributed by atoms with van der Waals surface area (Å²) in [6, 6.07) is 5.58. The number of rotatable bonds is 2. The third kappa shape index (κ3) is 2.04. The van der Waals surface area contributed by atoms with Crippen LogP contribution in [0.2, 0.25) is 4.34 Å². The first kappa shape index (κ1) is 10.6. The van der Waals surface area contributed by atoms with Crippen LogP contribution in [-0.2, 0) is 0 Å². The van der Waals surface area contributed by atoms with Gasteiger partial charge in [0, 0.05) is 9.35 Å². The smallest absolute Gasteiger partial charge is 0.123 e. The summed E-state index contributed by atoms with van der Waals surface area (Å²) in [5.41, 5.74) is 0. The zero-order chi connectivity index (χ0) is 10.1. The van der Waals surface area contributed by atoms with Gasteiger partial charge in [0.1, 0.15) is 6.10 Å². The van der Waals surface area contributed by atoms with E-state index in [0.717, 1.165) is 14.2 Å². The SMILES string of the molecule is OC(c1ccc(Cl)s1)c1sccc1Br. The highest BCUT2D eigenvalue weighted by Gasteiger charge is 2.16. The normalized spacial score (nSPS) is 13.1. The van der Waals surface area contributed by atoms with Crippen LogP contribution in [0, 0.1) is 0 Å². The molecule has 2 aromatic heterocycles. The molecular weight excluding hydrogens is 304 g/mol. The Kier molecular flexibility index (Phi) is 3.29. The average molecular weight is 310 g/mol. The van der Waals surface area contributed by atoms with Gasteiger partial charge in [-0.1, -0.05) is 11.6 Å². The molecule has 74 valence electrons. The quantitative estimate of drug-likeness (QED) is 0.876. The lowest BCUT2D eigenvalue weighted by atomic mass is 10.2. The van der Waals surface area contributed by atoms with E-state index < -0.39 is 6.10 Å². The Morgan fingerprint density at radius 2 is 2.14 bits per heavy atom. The molecule has 0 aromatic carbocycles. The Bertz CT molecular complexity index is 437. The molecule has 0 aliphatic carbocycles. The highest BCUT2D eigenvalue weighted by atomic mass is 79.9. The molecule has 0 spiro atoms. The van der Waals surface area contributed by atoms with Crippen molar-refractivity contribution in [2.45, 2.75) is 6.10 Å². The zero-order valence-corrected chi connectivity index (χ0v) is 10.9. The number of hydrogen-bond donors (Lipinski definition) is 1. The van der Waals surface area contributed by atoms with E-state index in [2.05, 4.69) is 15.9 Å². The van der Waals surface area contributed by atoms with Gasteiger partial charge in [-0.25, -0.2) is 0 Å². The first-order valence-corrected chi connectivity index (χ1v) is 6.71. The molecular formula is C9H6BrClOS2. The van der Waals surface area contributed by atoms with Crippen molar-refractivity contribution in [1.29, 1.82) is 0 Å². The van der Waals surface area contributed by atoms with Crippen molar-refractivity contribution < 1.29 is 5.11 Å². The van der Waals surface area contributed by atoms with Crippen molar-refractivity contribution in [2.24, 2.45) is 0 Å². The number of aliphatic hydroxyl groups is 1. The number of thiophene rings is 2. The molecule has 5 heteroatoms. The summed E-state index contributed by atoms with van der Waals surface area (Å²) in [6.07, 6.45) is -0.568. The summed E-state index contributed by atoms with van der Waals surface area (Å²) in [5, 5.41) is 11.9. The van der Waals surface area contributed by atoms with Crippen LogP contribution < -0.4 is 0 Å². The van der Waals surface area contributed by atoms with E-state index in [0.29, 0.717) is 4.34 Å². The lowest BCUT2D eigenvalue weighted by molar-refractivity contribution is 0.227. The zero-order valence-electron chi connectivity index (χ0n) is 6.91. The van der Waals surface area contributed by atoms with E-state index in [-0.39, 0.29) is 0 Å². The Hall–Kier alpha value is 0.130. The summed E-state index contributed by atoms with van der Waals surface area (Å²) >= 11 is 12.1. The van der Waals surface area contributed by atoms with E-state index in [1.54, 1.807) is 6.07 Å². The van der Waals surface area contributed by atoms with Crippen molar-refractivity contribution in [2.75, 3.05) is 0 Å². The largest absolute Gasteiger partial charge is 0.382 e. The summed E-state index contributed by atoms with van der Waals surface area (Å²) in [4.78, 5) is 1.79. The Balaban J connectivity index is 2.33. The van der Waals surface area contributed by atoms with E-state index in [9.17, 15) is 5.11 Å². The van der Waals surface area contributed by atoms with Gasteiger partial charge in [0.25, 0.3) is 0 Å². The maximum absolute atomic E-state index is 10.0. The van der Waals surface area contributed by atoms with Crippen molar-refractivity contribution in [3.05, 3.63) is 42.1 Å². The van der Waals surface area contributed by atoms with Gasteiger partial charge in [-0.05, 0) is 39.5 Å². The highest BCUT2D eigenvalue weighted by Crippen LogP contribution is 2.36. The average Bonchev–Trinajstić information content (AvgIpc) is 2.73. The lowest BCUT2D eigenvalue weighted by Crippen LogP contribution is -1.93. The fourth-order valence-electron chi connectivity index (χ4n) is 1.10. The van der Waals surface area contributed by atoms with E-state index in [1.807, 2.05) is 17.5 Å². The fraction of sp³-hybridized carbons (Fsp3) is 0.111. The summed E-state index contributed by atoms with van der Waals surface area (Å²) in [5.74, 6) is 0. The number of hydrogen-bond acceptors (Lipinski definition) is 3. The molecule has 1 nitrogen and oxygen atoms in total. The predicted octanol–water partition coefficient (Wildman–Crippen LogP) is 4.31. The standard InChI is InChI=1S/C9H6BrClOS2/c10-5-3-4-13-9(5)8(12)6-1-2-7(11)14-6/h1-4,8,12H. The van der Waals surface area contributed by atoms with Crippen LogP contribution in [0.4, 0.5) is 0 Å². The highest BCUT2D eigenvalue weighted by molar-refractivity contribution is 9.10. The number of halogens is 2. The molecule has 2 heterocycles. The van der Waals surface area contributed by atoms with Gasteiger partial charge in [0.15, 0.2) is 0 Å². The molecule has 14 heavy (non-hydrogen) atoms. The maximum Gasteiger partial charge on any atom is 0.123 e. The Labute approximate surface area is 103 Å². The van der Waals surface area contributed by atoms with E-state index >= 15 is 0 Å². The third-order valence-corrected chi connectivity index (χ3v) is 4.96. The minimum atomic E-state index is -0.568. The number of aliphatic hydroxyl groups excluding tert-OH is 1. The van der Waals surface area contributed by atoms with Crippen LogP contribution in [0.1, 0.15) is 15.9 Å². The summed E-state index contributed by atoms with van der Waals surface area (Å²) < 4.78 is 1.64. The monoisotopic (exact) mass is 308 g/mol. The van der Waals surface area contributed by atoms with Gasteiger partial charge in [0.05, 0.1) is 9.21 Å². The van der Waals surface area contributed by atoms with Crippen molar-refractivity contribution in [3.63, 3.8) is 0 Å². The minimum absolute atomic E-state index is 0.568. The first-order chi connectivity index (χ1) is 6.68. The van der Waals surface area contributed by atoms with Gasteiger partial charge in [-0.2, -0.15) is 0 Å². The van der Waals surface area contributed by atoms with Crippen molar-refractivity contribution >= 4 is 50.2 Å². The molecule has 2 aromatic rings. The molecule has 1 N–H and O–H groups in total. The fourth-order valence-corrected chi connectivity index (χ4v) is 3.83. The maximum atomic E-state index is 10.0. The minimum Gasteiger partial charge on any atom is -0.382 e. The molecule has 0 aliphatic heterocycles. The summed E-state index contributed by atoms with van der Waals surface area (Å²) in [7, 11) is 0. The second-order valence-corrected chi connectivity index (χ2v) is 6.23. The van der Waals surface area contributed by atoms with Crippen LogP contribution in [-0.4, -0.2) is 5.11 Å². The molecule has 0 amide bonds. The topological polar surface area (TPSA) is 20.2 Å².